The molecule has 0 bridgehead atoms. The van der Waals surface area contributed by atoms with Gasteiger partial charge in [-0.15, -0.1) is 0 Å². The van der Waals surface area contributed by atoms with Crippen LogP contribution in [0.3, 0.4) is 0 Å². The summed E-state index contributed by atoms with van der Waals surface area (Å²) in [5, 5.41) is 0. The second-order valence-corrected chi connectivity index (χ2v) is 4.48. The summed E-state index contributed by atoms with van der Waals surface area (Å²) in [7, 11) is 0. The van der Waals surface area contributed by atoms with Crippen LogP contribution in [0.2, 0.25) is 0 Å². The van der Waals surface area contributed by atoms with Crippen LogP contribution in [0.4, 0.5) is 26.3 Å². The van der Waals surface area contributed by atoms with Crippen LogP contribution in [-0.2, 0) is 0 Å². The Labute approximate surface area is 115 Å². The van der Waals surface area contributed by atoms with Gasteiger partial charge in [-0.05, 0) is 18.6 Å². The lowest BCUT2D eigenvalue weighted by Gasteiger charge is -2.27. The van der Waals surface area contributed by atoms with Crippen molar-refractivity contribution in [2.24, 2.45) is 0 Å². The highest BCUT2D eigenvalue weighted by Crippen LogP contribution is 2.30. The number of carbonyl (C=O) groups excluding carboxylic acids is 1. The zero-order chi connectivity index (χ0) is 15.8. The van der Waals surface area contributed by atoms with E-state index in [4.69, 9.17) is 0 Å². The van der Waals surface area contributed by atoms with E-state index in [0.717, 1.165) is 11.0 Å². The quantitative estimate of drug-likeness (QED) is 0.442. The molecule has 1 aromatic carbocycles. The van der Waals surface area contributed by atoms with E-state index in [-0.39, 0.29) is 13.1 Å². The number of hydrogen-bond acceptors (Lipinski definition) is 1. The first-order chi connectivity index (χ1) is 9.70. The minimum Gasteiger partial charge on any atom is -0.335 e. The third kappa shape index (κ3) is 3.20. The van der Waals surface area contributed by atoms with Crippen molar-refractivity contribution in [3.8, 4) is 0 Å². The first-order valence-corrected chi connectivity index (χ1v) is 5.90. The SMILES string of the molecule is O=C(c1cc(F)c(F)c(F)c1)N1CC=C(C(F)(F)F)CC1. The molecule has 0 aromatic heterocycles. The Morgan fingerprint density at radius 1 is 1.10 bits per heavy atom. The molecule has 0 aliphatic carbocycles. The van der Waals surface area contributed by atoms with Gasteiger partial charge in [0.05, 0.1) is 0 Å². The molecule has 0 unspecified atom stereocenters. The summed E-state index contributed by atoms with van der Waals surface area (Å²) in [5.74, 6) is -5.61. The topological polar surface area (TPSA) is 20.3 Å². The summed E-state index contributed by atoms with van der Waals surface area (Å²) >= 11 is 0. The fourth-order valence-electron chi connectivity index (χ4n) is 1.97. The lowest BCUT2D eigenvalue weighted by atomic mass is 10.1. The summed E-state index contributed by atoms with van der Waals surface area (Å²) in [4.78, 5) is 12.9. The predicted molar refractivity (Wildman–Crippen MR) is 61.0 cm³/mol. The highest BCUT2D eigenvalue weighted by molar-refractivity contribution is 5.94. The monoisotopic (exact) mass is 309 g/mol. The van der Waals surface area contributed by atoms with E-state index >= 15 is 0 Å². The molecule has 0 radical (unpaired) electrons. The lowest BCUT2D eigenvalue weighted by molar-refractivity contribution is -0.0957. The van der Waals surface area contributed by atoms with Crippen molar-refractivity contribution in [3.05, 3.63) is 46.8 Å². The van der Waals surface area contributed by atoms with E-state index in [1.807, 2.05) is 0 Å². The zero-order valence-electron chi connectivity index (χ0n) is 10.5. The summed E-state index contributed by atoms with van der Waals surface area (Å²) in [6.07, 6.45) is -4.01. The number of rotatable bonds is 1. The molecular weight excluding hydrogens is 300 g/mol. The molecule has 8 heteroatoms. The van der Waals surface area contributed by atoms with Crippen molar-refractivity contribution in [2.75, 3.05) is 13.1 Å². The van der Waals surface area contributed by atoms with Gasteiger partial charge in [0.15, 0.2) is 17.5 Å². The van der Waals surface area contributed by atoms with Crippen LogP contribution in [0.1, 0.15) is 16.8 Å². The molecule has 1 aromatic rings. The Morgan fingerprint density at radius 3 is 2.10 bits per heavy atom. The zero-order valence-corrected chi connectivity index (χ0v) is 10.5. The molecule has 0 spiro atoms. The van der Waals surface area contributed by atoms with Gasteiger partial charge in [-0.1, -0.05) is 6.08 Å². The number of benzene rings is 1. The molecule has 1 aliphatic rings. The van der Waals surface area contributed by atoms with Gasteiger partial charge in [-0.2, -0.15) is 13.2 Å². The fraction of sp³-hybridized carbons (Fsp3) is 0.308. The molecule has 0 fully saturated rings. The van der Waals surface area contributed by atoms with Crippen molar-refractivity contribution in [1.82, 2.24) is 4.90 Å². The smallest absolute Gasteiger partial charge is 0.335 e. The molecule has 1 amide bonds. The molecule has 0 N–H and O–H groups in total. The first-order valence-electron chi connectivity index (χ1n) is 5.90. The number of nitrogens with zero attached hydrogens (tertiary/aromatic N) is 1. The summed E-state index contributed by atoms with van der Waals surface area (Å²) in [6.45, 7) is -0.556. The number of amides is 1. The van der Waals surface area contributed by atoms with Crippen LogP contribution in [0.25, 0.3) is 0 Å². The highest BCUT2D eigenvalue weighted by atomic mass is 19.4. The number of halogens is 6. The minimum atomic E-state index is -4.46. The van der Waals surface area contributed by atoms with Crippen molar-refractivity contribution in [1.29, 1.82) is 0 Å². The largest absolute Gasteiger partial charge is 0.412 e. The Kier molecular flexibility index (Phi) is 3.97. The second-order valence-electron chi connectivity index (χ2n) is 4.48. The first kappa shape index (κ1) is 15.4. The number of carbonyl (C=O) groups is 1. The third-order valence-electron chi connectivity index (χ3n) is 3.09. The summed E-state index contributed by atoms with van der Waals surface area (Å²) < 4.78 is 76.2. The predicted octanol–water partition coefficient (Wildman–Crippen LogP) is 3.44. The molecule has 0 atom stereocenters. The van der Waals surface area contributed by atoms with Crippen LogP contribution in [-0.4, -0.2) is 30.1 Å². The van der Waals surface area contributed by atoms with Gasteiger partial charge in [-0.25, -0.2) is 13.2 Å². The molecule has 1 heterocycles. The van der Waals surface area contributed by atoms with Crippen LogP contribution >= 0.6 is 0 Å². The van der Waals surface area contributed by atoms with E-state index in [0.29, 0.717) is 12.1 Å². The Morgan fingerprint density at radius 2 is 1.67 bits per heavy atom. The van der Waals surface area contributed by atoms with E-state index in [9.17, 15) is 31.1 Å². The maximum atomic E-state index is 13.0. The van der Waals surface area contributed by atoms with Gasteiger partial charge in [0.25, 0.3) is 5.91 Å². The minimum absolute atomic E-state index is 0.231. The Hall–Kier alpha value is -1.99. The average molecular weight is 309 g/mol. The summed E-state index contributed by atoms with van der Waals surface area (Å²) in [5.41, 5.74) is -1.20. The Balaban J connectivity index is 2.18. The van der Waals surface area contributed by atoms with Gasteiger partial charge in [0, 0.05) is 24.2 Å². The van der Waals surface area contributed by atoms with Crippen LogP contribution < -0.4 is 0 Å². The molecule has 1 aliphatic heterocycles. The molecule has 2 rings (SSSR count). The molecule has 0 saturated heterocycles. The van der Waals surface area contributed by atoms with E-state index in [1.165, 1.54) is 0 Å². The Bertz CT molecular complexity index is 584. The number of alkyl halides is 3. The van der Waals surface area contributed by atoms with Gasteiger partial charge in [0.1, 0.15) is 0 Å². The number of hydrogen-bond donors (Lipinski definition) is 0. The molecule has 0 saturated carbocycles. The van der Waals surface area contributed by atoms with E-state index in [1.54, 1.807) is 0 Å². The van der Waals surface area contributed by atoms with E-state index in [2.05, 4.69) is 0 Å². The standard InChI is InChI=1S/C13H9F6NO/c14-9-5-7(6-10(15)11(9)16)12(21)20-3-1-8(2-4-20)13(17,18)19/h1,5-6H,2-4H2. The van der Waals surface area contributed by atoms with Gasteiger partial charge in [-0.3, -0.25) is 4.79 Å². The van der Waals surface area contributed by atoms with Crippen molar-refractivity contribution < 1.29 is 31.1 Å². The van der Waals surface area contributed by atoms with E-state index < -0.39 is 47.1 Å². The summed E-state index contributed by atoms with van der Waals surface area (Å²) in [6, 6.07) is 1.04. The van der Waals surface area contributed by atoms with Gasteiger partial charge < -0.3 is 4.90 Å². The van der Waals surface area contributed by atoms with Crippen molar-refractivity contribution >= 4 is 5.91 Å². The van der Waals surface area contributed by atoms with Gasteiger partial charge in [0.2, 0.25) is 0 Å². The third-order valence-corrected chi connectivity index (χ3v) is 3.09. The maximum absolute atomic E-state index is 13.0. The molecule has 21 heavy (non-hydrogen) atoms. The second kappa shape index (κ2) is 5.42. The molecule has 2 nitrogen and oxygen atoms in total. The van der Waals surface area contributed by atoms with Crippen molar-refractivity contribution in [3.63, 3.8) is 0 Å². The lowest BCUT2D eigenvalue weighted by Crippen LogP contribution is -2.36. The van der Waals surface area contributed by atoms with Crippen LogP contribution in [0.5, 0.6) is 0 Å². The molecular formula is C13H9F6NO. The average Bonchev–Trinajstić information content (AvgIpc) is 2.42. The van der Waals surface area contributed by atoms with Crippen molar-refractivity contribution in [2.45, 2.75) is 12.6 Å². The fourth-order valence-corrected chi connectivity index (χ4v) is 1.97. The van der Waals surface area contributed by atoms with Gasteiger partial charge >= 0.3 is 6.18 Å². The maximum Gasteiger partial charge on any atom is 0.412 e. The van der Waals surface area contributed by atoms with Crippen LogP contribution in [0, 0.1) is 17.5 Å². The normalized spacial score (nSPS) is 15.9. The molecule has 114 valence electrons. The van der Waals surface area contributed by atoms with Crippen LogP contribution in [0.15, 0.2) is 23.8 Å². The highest BCUT2D eigenvalue weighted by Gasteiger charge is 2.35.